The number of ether oxygens (including phenoxy) is 2. The third kappa shape index (κ3) is 4.52. The van der Waals surface area contributed by atoms with Crippen molar-refractivity contribution in [3.8, 4) is 11.5 Å². The lowest BCUT2D eigenvalue weighted by Crippen LogP contribution is -2.48. The standard InChI is InChI=1S/C21H23FN2O3S/c22-16-1-3-17(4-2-16)23-8-10-24(11-9-23)21(25)7-14-28-18-5-6-19-20(15-18)27-13-12-26-19/h1-6,15H,7-14H2. The molecular weight excluding hydrogens is 379 g/mol. The van der Waals surface area contributed by atoms with Crippen LogP contribution in [0.2, 0.25) is 0 Å². The predicted octanol–water partition coefficient (Wildman–Crippen LogP) is 3.43. The van der Waals surface area contributed by atoms with E-state index in [2.05, 4.69) is 4.90 Å². The monoisotopic (exact) mass is 402 g/mol. The summed E-state index contributed by atoms with van der Waals surface area (Å²) >= 11 is 1.66. The molecule has 2 aromatic carbocycles. The number of fused-ring (bicyclic) bond motifs is 1. The fourth-order valence-corrected chi connectivity index (χ4v) is 4.26. The molecule has 0 spiro atoms. The second-order valence-electron chi connectivity index (χ2n) is 6.75. The van der Waals surface area contributed by atoms with Crippen LogP contribution in [0.5, 0.6) is 11.5 Å². The number of rotatable bonds is 5. The molecule has 0 unspecified atom stereocenters. The van der Waals surface area contributed by atoms with Crippen molar-refractivity contribution >= 4 is 23.4 Å². The molecule has 1 saturated heterocycles. The summed E-state index contributed by atoms with van der Waals surface area (Å²) in [6.45, 7) is 4.10. The lowest BCUT2D eigenvalue weighted by atomic mass is 10.2. The lowest BCUT2D eigenvalue weighted by Gasteiger charge is -2.36. The molecule has 0 N–H and O–H groups in total. The van der Waals surface area contributed by atoms with Crippen LogP contribution in [0.1, 0.15) is 6.42 Å². The summed E-state index contributed by atoms with van der Waals surface area (Å²) in [5.41, 5.74) is 1.00. The van der Waals surface area contributed by atoms with Gasteiger partial charge in [0.05, 0.1) is 0 Å². The molecule has 5 nitrogen and oxygen atoms in total. The van der Waals surface area contributed by atoms with Crippen LogP contribution in [0.25, 0.3) is 0 Å². The average molecular weight is 402 g/mol. The zero-order chi connectivity index (χ0) is 19.3. The molecule has 0 aliphatic carbocycles. The molecule has 28 heavy (non-hydrogen) atoms. The topological polar surface area (TPSA) is 42.0 Å². The Bertz CT molecular complexity index is 823. The van der Waals surface area contributed by atoms with E-state index in [1.165, 1.54) is 12.1 Å². The van der Waals surface area contributed by atoms with Gasteiger partial charge in [-0.3, -0.25) is 4.79 Å². The summed E-state index contributed by atoms with van der Waals surface area (Å²) in [5, 5.41) is 0. The van der Waals surface area contributed by atoms with E-state index in [1.807, 2.05) is 23.1 Å². The van der Waals surface area contributed by atoms with Gasteiger partial charge in [0.1, 0.15) is 19.0 Å². The zero-order valence-corrected chi connectivity index (χ0v) is 16.4. The normalized spacial score (nSPS) is 16.2. The van der Waals surface area contributed by atoms with Crippen molar-refractivity contribution in [3.63, 3.8) is 0 Å². The number of carbonyl (C=O) groups is 1. The van der Waals surface area contributed by atoms with E-state index >= 15 is 0 Å². The number of halogens is 1. The fraction of sp³-hybridized carbons (Fsp3) is 0.381. The molecule has 0 bridgehead atoms. The highest BCUT2D eigenvalue weighted by molar-refractivity contribution is 7.99. The number of carbonyl (C=O) groups excluding carboxylic acids is 1. The zero-order valence-electron chi connectivity index (χ0n) is 15.6. The second kappa shape index (κ2) is 8.73. The second-order valence-corrected chi connectivity index (χ2v) is 7.92. The Morgan fingerprint density at radius 1 is 0.964 bits per heavy atom. The first kappa shape index (κ1) is 18.9. The van der Waals surface area contributed by atoms with E-state index in [0.717, 1.165) is 40.9 Å². The Morgan fingerprint density at radius 3 is 2.43 bits per heavy atom. The van der Waals surface area contributed by atoms with Gasteiger partial charge in [-0.2, -0.15) is 0 Å². The van der Waals surface area contributed by atoms with Crippen molar-refractivity contribution in [1.82, 2.24) is 4.90 Å². The van der Waals surface area contributed by atoms with Crippen molar-refractivity contribution in [2.24, 2.45) is 0 Å². The Morgan fingerprint density at radius 2 is 1.68 bits per heavy atom. The number of hydrogen-bond acceptors (Lipinski definition) is 5. The van der Waals surface area contributed by atoms with Gasteiger partial charge in [-0.15, -0.1) is 11.8 Å². The summed E-state index contributed by atoms with van der Waals surface area (Å²) in [6.07, 6.45) is 0.510. The largest absolute Gasteiger partial charge is 0.486 e. The molecule has 2 heterocycles. The number of benzene rings is 2. The summed E-state index contributed by atoms with van der Waals surface area (Å²) in [4.78, 5) is 17.7. The maximum absolute atomic E-state index is 13.1. The third-order valence-electron chi connectivity index (χ3n) is 4.92. The minimum absolute atomic E-state index is 0.184. The van der Waals surface area contributed by atoms with Crippen LogP contribution in [0, 0.1) is 5.82 Å². The maximum Gasteiger partial charge on any atom is 0.223 e. The van der Waals surface area contributed by atoms with Gasteiger partial charge in [0, 0.05) is 48.9 Å². The van der Waals surface area contributed by atoms with Crippen LogP contribution in [0.15, 0.2) is 47.4 Å². The number of nitrogens with zero attached hydrogens (tertiary/aromatic N) is 2. The number of amides is 1. The highest BCUT2D eigenvalue weighted by atomic mass is 32.2. The summed E-state index contributed by atoms with van der Waals surface area (Å²) in [6, 6.07) is 12.4. The van der Waals surface area contributed by atoms with E-state index in [0.29, 0.717) is 32.7 Å². The van der Waals surface area contributed by atoms with Crippen LogP contribution in [0.3, 0.4) is 0 Å². The SMILES string of the molecule is O=C(CCSc1ccc2c(c1)OCCO2)N1CCN(c2ccc(F)cc2)CC1. The van der Waals surface area contributed by atoms with Crippen LogP contribution < -0.4 is 14.4 Å². The van der Waals surface area contributed by atoms with E-state index in [-0.39, 0.29) is 11.7 Å². The van der Waals surface area contributed by atoms with E-state index in [4.69, 9.17) is 9.47 Å². The molecule has 1 amide bonds. The molecule has 0 radical (unpaired) electrons. The minimum Gasteiger partial charge on any atom is -0.486 e. The highest BCUT2D eigenvalue weighted by Gasteiger charge is 2.21. The summed E-state index contributed by atoms with van der Waals surface area (Å²) in [7, 11) is 0. The molecule has 2 aliphatic rings. The van der Waals surface area contributed by atoms with Crippen LogP contribution >= 0.6 is 11.8 Å². The molecular formula is C21H23FN2O3S. The molecule has 0 saturated carbocycles. The van der Waals surface area contributed by atoms with Gasteiger partial charge in [-0.25, -0.2) is 4.39 Å². The first-order valence-corrected chi connectivity index (χ1v) is 10.5. The van der Waals surface area contributed by atoms with Crippen LogP contribution in [-0.4, -0.2) is 56.0 Å². The molecule has 7 heteroatoms. The first-order chi connectivity index (χ1) is 13.7. The Labute approximate surface area is 168 Å². The molecule has 148 valence electrons. The van der Waals surface area contributed by atoms with Crippen molar-refractivity contribution in [1.29, 1.82) is 0 Å². The molecule has 1 fully saturated rings. The van der Waals surface area contributed by atoms with Crippen molar-refractivity contribution in [2.75, 3.05) is 50.0 Å². The van der Waals surface area contributed by atoms with E-state index in [1.54, 1.807) is 23.9 Å². The van der Waals surface area contributed by atoms with Crippen LogP contribution in [-0.2, 0) is 4.79 Å². The average Bonchev–Trinajstić information content (AvgIpc) is 2.74. The van der Waals surface area contributed by atoms with Gasteiger partial charge in [-0.1, -0.05) is 0 Å². The molecule has 0 aromatic heterocycles. The van der Waals surface area contributed by atoms with Crippen molar-refractivity contribution in [2.45, 2.75) is 11.3 Å². The first-order valence-electron chi connectivity index (χ1n) is 9.50. The van der Waals surface area contributed by atoms with Gasteiger partial charge in [-0.05, 0) is 42.5 Å². The molecule has 2 aliphatic heterocycles. The highest BCUT2D eigenvalue weighted by Crippen LogP contribution is 2.34. The number of piperazine rings is 1. The van der Waals surface area contributed by atoms with Crippen molar-refractivity contribution < 1.29 is 18.7 Å². The predicted molar refractivity (Wildman–Crippen MR) is 108 cm³/mol. The quantitative estimate of drug-likeness (QED) is 0.717. The Balaban J connectivity index is 1.22. The number of anilines is 1. The number of thioether (sulfide) groups is 1. The van der Waals surface area contributed by atoms with Crippen molar-refractivity contribution in [3.05, 3.63) is 48.3 Å². The summed E-state index contributed by atoms with van der Waals surface area (Å²) in [5.74, 6) is 2.25. The maximum atomic E-state index is 13.1. The Hall–Kier alpha value is -2.41. The van der Waals surface area contributed by atoms with Gasteiger partial charge >= 0.3 is 0 Å². The smallest absolute Gasteiger partial charge is 0.223 e. The van der Waals surface area contributed by atoms with Crippen LogP contribution in [0.4, 0.5) is 10.1 Å². The molecule has 2 aromatic rings. The van der Waals surface area contributed by atoms with E-state index in [9.17, 15) is 9.18 Å². The fourth-order valence-electron chi connectivity index (χ4n) is 3.39. The summed E-state index contributed by atoms with van der Waals surface area (Å²) < 4.78 is 24.2. The Kier molecular flexibility index (Phi) is 5.90. The molecule has 0 atom stereocenters. The van der Waals surface area contributed by atoms with E-state index < -0.39 is 0 Å². The van der Waals surface area contributed by atoms with Gasteiger partial charge in [0.15, 0.2) is 11.5 Å². The van der Waals surface area contributed by atoms with Gasteiger partial charge < -0.3 is 19.3 Å². The minimum atomic E-state index is -0.229. The third-order valence-corrected chi connectivity index (χ3v) is 5.92. The molecule has 4 rings (SSSR count). The van der Waals surface area contributed by atoms with Gasteiger partial charge in [0.2, 0.25) is 5.91 Å². The lowest BCUT2D eigenvalue weighted by molar-refractivity contribution is -0.131. The van der Waals surface area contributed by atoms with Gasteiger partial charge in [0.25, 0.3) is 0 Å². The number of hydrogen-bond donors (Lipinski definition) is 0.